The van der Waals surface area contributed by atoms with Gasteiger partial charge in [-0.2, -0.15) is 0 Å². The zero-order valence-corrected chi connectivity index (χ0v) is 12.0. The minimum Gasteiger partial charge on any atom is -0.460 e. The summed E-state index contributed by atoms with van der Waals surface area (Å²) in [6.07, 6.45) is 0. The number of halogens is 2. The van der Waals surface area contributed by atoms with Crippen LogP contribution in [0.1, 0.15) is 39.2 Å². The molecule has 0 aliphatic carbocycles. The fourth-order valence-electron chi connectivity index (χ4n) is 1.31. The molecule has 0 aromatic heterocycles. The van der Waals surface area contributed by atoms with Crippen molar-refractivity contribution in [1.29, 1.82) is 0 Å². The molecular weight excluding hydrogens is 287 g/mol. The summed E-state index contributed by atoms with van der Waals surface area (Å²) in [5, 5.41) is 0. The molecule has 0 aliphatic rings. The highest BCUT2D eigenvalue weighted by molar-refractivity contribution is 9.10. The van der Waals surface area contributed by atoms with Crippen LogP contribution in [-0.2, 0) is 9.53 Å². The van der Waals surface area contributed by atoms with Crippen LogP contribution in [0.5, 0.6) is 0 Å². The number of benzene rings is 1. The molecule has 0 aliphatic heterocycles. The topological polar surface area (TPSA) is 26.3 Å². The molecule has 1 aromatic carbocycles. The molecule has 4 heteroatoms. The SMILES string of the molecule is CC(C(=O)OC(C)(C)C)c1ccc(F)c(Br)c1. The quantitative estimate of drug-likeness (QED) is 0.771. The second-order valence-corrected chi connectivity index (χ2v) is 5.78. The number of hydrogen-bond donors (Lipinski definition) is 0. The lowest BCUT2D eigenvalue weighted by Gasteiger charge is -2.22. The minimum atomic E-state index is -0.511. The average Bonchev–Trinajstić information content (AvgIpc) is 2.18. The molecular formula is C13H16BrFO2. The van der Waals surface area contributed by atoms with Crippen molar-refractivity contribution < 1.29 is 13.9 Å². The molecule has 1 rings (SSSR count). The molecule has 0 bridgehead atoms. The first-order valence-corrected chi connectivity index (χ1v) is 6.18. The van der Waals surface area contributed by atoms with Gasteiger partial charge in [-0.3, -0.25) is 4.79 Å². The number of hydrogen-bond acceptors (Lipinski definition) is 2. The molecule has 0 radical (unpaired) electrons. The predicted molar refractivity (Wildman–Crippen MR) is 68.4 cm³/mol. The lowest BCUT2D eigenvalue weighted by molar-refractivity contribution is -0.156. The molecule has 1 atom stereocenters. The first-order chi connectivity index (χ1) is 7.70. The molecule has 1 aromatic rings. The van der Waals surface area contributed by atoms with Gasteiger partial charge in [-0.05, 0) is 61.3 Å². The van der Waals surface area contributed by atoms with Crippen molar-refractivity contribution in [3.05, 3.63) is 34.1 Å². The van der Waals surface area contributed by atoms with E-state index in [4.69, 9.17) is 4.74 Å². The number of esters is 1. The van der Waals surface area contributed by atoms with Crippen molar-refractivity contribution in [2.45, 2.75) is 39.2 Å². The molecule has 0 amide bonds. The van der Waals surface area contributed by atoms with E-state index in [9.17, 15) is 9.18 Å². The standard InChI is InChI=1S/C13H16BrFO2/c1-8(12(16)17-13(2,3)4)9-5-6-11(15)10(14)7-9/h5-8H,1-4H3. The Balaban J connectivity index is 2.85. The fourth-order valence-corrected chi connectivity index (χ4v) is 1.70. The summed E-state index contributed by atoms with van der Waals surface area (Å²) >= 11 is 3.10. The van der Waals surface area contributed by atoms with Gasteiger partial charge in [-0.1, -0.05) is 6.07 Å². The van der Waals surface area contributed by atoms with Gasteiger partial charge in [-0.25, -0.2) is 4.39 Å². The molecule has 2 nitrogen and oxygen atoms in total. The van der Waals surface area contributed by atoms with Gasteiger partial charge < -0.3 is 4.74 Å². The largest absolute Gasteiger partial charge is 0.460 e. The van der Waals surface area contributed by atoms with E-state index in [-0.39, 0.29) is 11.8 Å². The van der Waals surface area contributed by atoms with E-state index < -0.39 is 11.5 Å². The van der Waals surface area contributed by atoms with Gasteiger partial charge >= 0.3 is 5.97 Å². The number of rotatable bonds is 2. The lowest BCUT2D eigenvalue weighted by Crippen LogP contribution is -2.26. The summed E-state index contributed by atoms with van der Waals surface area (Å²) in [5.41, 5.74) is 0.218. The molecule has 0 heterocycles. The number of carbonyl (C=O) groups excluding carboxylic acids is 1. The zero-order chi connectivity index (χ0) is 13.2. The van der Waals surface area contributed by atoms with E-state index in [2.05, 4.69) is 15.9 Å². The number of carbonyl (C=O) groups is 1. The van der Waals surface area contributed by atoms with Gasteiger partial charge in [-0.15, -0.1) is 0 Å². The maximum Gasteiger partial charge on any atom is 0.313 e. The summed E-state index contributed by atoms with van der Waals surface area (Å²) in [5.74, 6) is -1.06. The zero-order valence-electron chi connectivity index (χ0n) is 10.4. The van der Waals surface area contributed by atoms with E-state index in [0.717, 1.165) is 5.56 Å². The monoisotopic (exact) mass is 302 g/mol. The van der Waals surface area contributed by atoms with Gasteiger partial charge in [0.15, 0.2) is 0 Å². The van der Waals surface area contributed by atoms with E-state index in [0.29, 0.717) is 4.47 Å². The van der Waals surface area contributed by atoms with Crippen LogP contribution in [0.3, 0.4) is 0 Å². The Hall–Kier alpha value is -0.900. The Morgan fingerprint density at radius 3 is 2.47 bits per heavy atom. The van der Waals surface area contributed by atoms with Crippen molar-refractivity contribution in [3.8, 4) is 0 Å². The third-order valence-corrected chi connectivity index (χ3v) is 2.81. The smallest absolute Gasteiger partial charge is 0.313 e. The van der Waals surface area contributed by atoms with E-state index in [1.54, 1.807) is 19.1 Å². The van der Waals surface area contributed by atoms with Crippen LogP contribution in [0.25, 0.3) is 0 Å². The molecule has 0 saturated heterocycles. The summed E-state index contributed by atoms with van der Waals surface area (Å²) < 4.78 is 18.7. The highest BCUT2D eigenvalue weighted by atomic mass is 79.9. The Labute approximate surface area is 109 Å². The van der Waals surface area contributed by atoms with E-state index >= 15 is 0 Å². The fraction of sp³-hybridized carbons (Fsp3) is 0.462. The summed E-state index contributed by atoms with van der Waals surface area (Å²) in [4.78, 5) is 11.8. The molecule has 1 unspecified atom stereocenters. The van der Waals surface area contributed by atoms with Gasteiger partial charge in [0, 0.05) is 0 Å². The van der Waals surface area contributed by atoms with Crippen molar-refractivity contribution in [2.24, 2.45) is 0 Å². The van der Waals surface area contributed by atoms with Crippen molar-refractivity contribution >= 4 is 21.9 Å². The molecule has 0 spiro atoms. The van der Waals surface area contributed by atoms with Gasteiger partial charge in [0.25, 0.3) is 0 Å². The molecule has 17 heavy (non-hydrogen) atoms. The first kappa shape index (κ1) is 14.2. The summed E-state index contributed by atoms with van der Waals surface area (Å²) in [6, 6.07) is 4.53. The highest BCUT2D eigenvalue weighted by Crippen LogP contribution is 2.24. The highest BCUT2D eigenvalue weighted by Gasteiger charge is 2.23. The van der Waals surface area contributed by atoms with Gasteiger partial charge in [0.05, 0.1) is 10.4 Å². The van der Waals surface area contributed by atoms with Crippen LogP contribution in [0, 0.1) is 5.82 Å². The first-order valence-electron chi connectivity index (χ1n) is 5.38. The maximum atomic E-state index is 13.1. The lowest BCUT2D eigenvalue weighted by atomic mass is 10.0. The van der Waals surface area contributed by atoms with E-state index in [1.165, 1.54) is 6.07 Å². The Morgan fingerprint density at radius 2 is 2.00 bits per heavy atom. The second-order valence-electron chi connectivity index (χ2n) is 4.93. The normalized spacial score (nSPS) is 13.3. The molecule has 0 fully saturated rings. The van der Waals surface area contributed by atoms with Crippen molar-refractivity contribution in [2.75, 3.05) is 0 Å². The summed E-state index contributed by atoms with van der Waals surface area (Å²) in [7, 11) is 0. The third-order valence-electron chi connectivity index (χ3n) is 2.20. The van der Waals surface area contributed by atoms with Crippen LogP contribution in [-0.4, -0.2) is 11.6 Å². The molecule has 0 N–H and O–H groups in total. The van der Waals surface area contributed by atoms with Crippen LogP contribution in [0.2, 0.25) is 0 Å². The average molecular weight is 303 g/mol. The Kier molecular flexibility index (Phi) is 4.31. The van der Waals surface area contributed by atoms with Crippen LogP contribution in [0.4, 0.5) is 4.39 Å². The minimum absolute atomic E-state index is 0.309. The second kappa shape index (κ2) is 5.17. The Morgan fingerprint density at radius 1 is 1.41 bits per heavy atom. The number of ether oxygens (including phenoxy) is 1. The van der Waals surface area contributed by atoms with Gasteiger partial charge in [0.2, 0.25) is 0 Å². The predicted octanol–water partition coefficient (Wildman–Crippen LogP) is 4.03. The van der Waals surface area contributed by atoms with Gasteiger partial charge in [0.1, 0.15) is 11.4 Å². The summed E-state index contributed by atoms with van der Waals surface area (Å²) in [6.45, 7) is 7.20. The molecule has 94 valence electrons. The van der Waals surface area contributed by atoms with Crippen molar-refractivity contribution in [3.63, 3.8) is 0 Å². The Bertz CT molecular complexity index is 424. The molecule has 0 saturated carbocycles. The van der Waals surface area contributed by atoms with Crippen LogP contribution in [0.15, 0.2) is 22.7 Å². The van der Waals surface area contributed by atoms with Crippen LogP contribution >= 0.6 is 15.9 Å². The third kappa shape index (κ3) is 4.11. The maximum absolute atomic E-state index is 13.1. The van der Waals surface area contributed by atoms with Crippen molar-refractivity contribution in [1.82, 2.24) is 0 Å². The van der Waals surface area contributed by atoms with E-state index in [1.807, 2.05) is 20.8 Å². The van der Waals surface area contributed by atoms with Crippen LogP contribution < -0.4 is 0 Å².